The Kier molecular flexibility index (Phi) is 3.45. The number of carbonyl (C=O) groups excluding carboxylic acids is 1. The summed E-state index contributed by atoms with van der Waals surface area (Å²) < 4.78 is 1.06. The Bertz CT molecular complexity index is 589. The number of aromatic nitrogens is 1. The van der Waals surface area contributed by atoms with Gasteiger partial charge in [-0.2, -0.15) is 0 Å². The maximum atomic E-state index is 11.4. The smallest absolute Gasteiger partial charge is 0.171 e. The fourth-order valence-corrected chi connectivity index (χ4v) is 2.91. The molecule has 0 spiro atoms. The zero-order chi connectivity index (χ0) is 12.6. The summed E-state index contributed by atoms with van der Waals surface area (Å²) in [6.07, 6.45) is 0. The number of Topliss-reactive ketones (excluding diaryl/α,β-unsaturated/α-hetero) is 1. The van der Waals surface area contributed by atoms with Crippen LogP contribution in [0.2, 0.25) is 0 Å². The normalized spacial score (nSPS) is 10.6. The lowest BCUT2D eigenvalue weighted by molar-refractivity contribution is 0.102. The number of benzene rings is 1. The molecule has 0 radical (unpaired) electrons. The second-order valence-electron chi connectivity index (χ2n) is 3.95. The van der Waals surface area contributed by atoms with Gasteiger partial charge in [-0.3, -0.25) is 4.79 Å². The van der Waals surface area contributed by atoms with Crippen molar-refractivity contribution in [3.05, 3.63) is 38.8 Å². The Balaban J connectivity index is 2.50. The molecular weight excluding hydrogens is 298 g/mol. The molecule has 0 aliphatic heterocycles. The van der Waals surface area contributed by atoms with Gasteiger partial charge < -0.3 is 0 Å². The summed E-state index contributed by atoms with van der Waals surface area (Å²) in [4.78, 5) is 16.6. The van der Waals surface area contributed by atoms with E-state index in [1.807, 2.05) is 32.0 Å². The third-order valence-electron chi connectivity index (χ3n) is 2.54. The first-order valence-corrected chi connectivity index (χ1v) is 6.85. The maximum absolute atomic E-state index is 11.4. The van der Waals surface area contributed by atoms with Crippen molar-refractivity contribution in [2.45, 2.75) is 20.8 Å². The van der Waals surface area contributed by atoms with Crippen LogP contribution >= 0.6 is 27.3 Å². The zero-order valence-corrected chi connectivity index (χ0v) is 12.3. The van der Waals surface area contributed by atoms with Crippen molar-refractivity contribution in [3.63, 3.8) is 0 Å². The Morgan fingerprint density at radius 1 is 1.35 bits per heavy atom. The van der Waals surface area contributed by atoms with Gasteiger partial charge in [-0.15, -0.1) is 11.3 Å². The molecule has 1 heterocycles. The topological polar surface area (TPSA) is 30.0 Å². The predicted octanol–water partition coefficient (Wildman–Crippen LogP) is 4.39. The van der Waals surface area contributed by atoms with E-state index in [4.69, 9.17) is 0 Å². The first-order valence-electron chi connectivity index (χ1n) is 5.24. The van der Waals surface area contributed by atoms with Gasteiger partial charge in [-0.25, -0.2) is 4.98 Å². The number of thiazole rings is 1. The number of aryl methyl sites for hydroxylation is 2. The van der Waals surface area contributed by atoms with Crippen molar-refractivity contribution in [1.82, 2.24) is 4.98 Å². The summed E-state index contributed by atoms with van der Waals surface area (Å²) >= 11 is 4.96. The van der Waals surface area contributed by atoms with Gasteiger partial charge in [0.15, 0.2) is 5.78 Å². The van der Waals surface area contributed by atoms with Gasteiger partial charge in [0.25, 0.3) is 0 Å². The molecule has 1 aromatic heterocycles. The summed E-state index contributed by atoms with van der Waals surface area (Å²) in [5.74, 6) is 0.0810. The third-order valence-corrected chi connectivity index (χ3v) is 4.70. The van der Waals surface area contributed by atoms with Crippen LogP contribution in [-0.4, -0.2) is 10.8 Å². The van der Waals surface area contributed by atoms with E-state index < -0.39 is 0 Å². The molecule has 0 unspecified atom stereocenters. The molecule has 0 bridgehead atoms. The molecular formula is C13H12BrNOS. The molecule has 2 nitrogen and oxygen atoms in total. The first kappa shape index (κ1) is 12.5. The Labute approximate surface area is 113 Å². The number of hydrogen-bond acceptors (Lipinski definition) is 3. The monoisotopic (exact) mass is 309 g/mol. The molecule has 0 fully saturated rings. The minimum absolute atomic E-state index is 0.0810. The van der Waals surface area contributed by atoms with E-state index in [1.165, 1.54) is 16.9 Å². The summed E-state index contributed by atoms with van der Waals surface area (Å²) in [6, 6.07) is 6.11. The van der Waals surface area contributed by atoms with E-state index in [0.717, 1.165) is 25.6 Å². The first-order chi connectivity index (χ1) is 7.99. The number of carbonyl (C=O) groups is 1. The van der Waals surface area contributed by atoms with Crippen LogP contribution in [0, 0.1) is 13.8 Å². The fourth-order valence-electron chi connectivity index (χ4n) is 1.57. The van der Waals surface area contributed by atoms with Gasteiger partial charge in [0.05, 0.1) is 10.6 Å². The molecule has 0 saturated heterocycles. The zero-order valence-electron chi connectivity index (χ0n) is 9.87. The van der Waals surface area contributed by atoms with E-state index in [0.29, 0.717) is 0 Å². The van der Waals surface area contributed by atoms with Gasteiger partial charge >= 0.3 is 0 Å². The highest BCUT2D eigenvalue weighted by Crippen LogP contribution is 2.30. The lowest BCUT2D eigenvalue weighted by atomic mass is 10.2. The molecule has 0 N–H and O–H groups in total. The Morgan fingerprint density at radius 2 is 2.06 bits per heavy atom. The number of rotatable bonds is 2. The highest BCUT2D eigenvalue weighted by Gasteiger charge is 2.13. The highest BCUT2D eigenvalue weighted by atomic mass is 79.9. The summed E-state index contributed by atoms with van der Waals surface area (Å²) in [6.45, 7) is 5.50. The SMILES string of the molecule is CC(=O)c1sc(-c2ccc(C)c(Br)c2)nc1C. The molecule has 2 rings (SSSR count). The van der Waals surface area contributed by atoms with Crippen molar-refractivity contribution >= 4 is 33.0 Å². The van der Waals surface area contributed by atoms with E-state index in [2.05, 4.69) is 20.9 Å². The molecule has 4 heteroatoms. The Hall–Kier alpha value is -1.00. The minimum Gasteiger partial charge on any atom is -0.294 e. The van der Waals surface area contributed by atoms with Gasteiger partial charge in [0, 0.05) is 17.0 Å². The average Bonchev–Trinajstić information content (AvgIpc) is 2.64. The molecule has 1 aromatic carbocycles. The van der Waals surface area contributed by atoms with E-state index in [9.17, 15) is 4.79 Å². The van der Waals surface area contributed by atoms with Crippen LogP contribution in [0.3, 0.4) is 0 Å². The van der Waals surface area contributed by atoms with Crippen LogP contribution in [0.25, 0.3) is 10.6 Å². The minimum atomic E-state index is 0.0810. The summed E-state index contributed by atoms with van der Waals surface area (Å²) in [7, 11) is 0. The van der Waals surface area contributed by atoms with Gasteiger partial charge in [0.2, 0.25) is 0 Å². The van der Waals surface area contributed by atoms with Crippen LogP contribution in [0.4, 0.5) is 0 Å². The molecule has 17 heavy (non-hydrogen) atoms. The van der Waals surface area contributed by atoms with Crippen LogP contribution in [0.5, 0.6) is 0 Å². The van der Waals surface area contributed by atoms with E-state index >= 15 is 0 Å². The maximum Gasteiger partial charge on any atom is 0.171 e. The lowest BCUT2D eigenvalue weighted by Gasteiger charge is -2.00. The van der Waals surface area contributed by atoms with Crippen molar-refractivity contribution < 1.29 is 4.79 Å². The second kappa shape index (κ2) is 4.70. The lowest BCUT2D eigenvalue weighted by Crippen LogP contribution is -1.89. The molecule has 0 amide bonds. The van der Waals surface area contributed by atoms with E-state index in [1.54, 1.807) is 6.92 Å². The molecule has 0 atom stereocenters. The van der Waals surface area contributed by atoms with Crippen LogP contribution in [-0.2, 0) is 0 Å². The van der Waals surface area contributed by atoms with Crippen molar-refractivity contribution in [2.24, 2.45) is 0 Å². The number of nitrogens with zero attached hydrogens (tertiary/aromatic N) is 1. The van der Waals surface area contributed by atoms with Crippen molar-refractivity contribution in [3.8, 4) is 10.6 Å². The molecule has 0 aliphatic carbocycles. The molecule has 0 aliphatic rings. The molecule has 0 saturated carbocycles. The summed E-state index contributed by atoms with van der Waals surface area (Å²) in [5.41, 5.74) is 3.05. The second-order valence-corrected chi connectivity index (χ2v) is 5.81. The van der Waals surface area contributed by atoms with Crippen molar-refractivity contribution in [2.75, 3.05) is 0 Å². The highest BCUT2D eigenvalue weighted by molar-refractivity contribution is 9.10. The van der Waals surface area contributed by atoms with Crippen LogP contribution in [0.15, 0.2) is 22.7 Å². The van der Waals surface area contributed by atoms with Crippen molar-refractivity contribution in [1.29, 1.82) is 0 Å². The van der Waals surface area contributed by atoms with Gasteiger partial charge in [-0.05, 0) is 25.5 Å². The van der Waals surface area contributed by atoms with Gasteiger partial charge in [0.1, 0.15) is 5.01 Å². The molecule has 88 valence electrons. The fraction of sp³-hybridized carbons (Fsp3) is 0.231. The predicted molar refractivity (Wildman–Crippen MR) is 74.7 cm³/mol. The van der Waals surface area contributed by atoms with Gasteiger partial charge in [-0.1, -0.05) is 28.1 Å². The van der Waals surface area contributed by atoms with Crippen LogP contribution < -0.4 is 0 Å². The Morgan fingerprint density at radius 3 is 2.59 bits per heavy atom. The standard InChI is InChI=1S/C13H12BrNOS/c1-7-4-5-10(6-11(7)14)13-15-8(2)12(17-13)9(3)16/h4-6H,1-3H3. The largest absolute Gasteiger partial charge is 0.294 e. The third kappa shape index (κ3) is 2.48. The number of halogens is 1. The van der Waals surface area contributed by atoms with E-state index in [-0.39, 0.29) is 5.78 Å². The average molecular weight is 310 g/mol. The molecule has 2 aromatic rings. The van der Waals surface area contributed by atoms with Crippen LogP contribution in [0.1, 0.15) is 27.9 Å². The number of hydrogen-bond donors (Lipinski definition) is 0. The number of ketones is 1. The summed E-state index contributed by atoms with van der Waals surface area (Å²) in [5, 5.41) is 0.897. The quantitative estimate of drug-likeness (QED) is 0.770.